The number of rotatable bonds is 4. The molecule has 0 spiro atoms. The Labute approximate surface area is 123 Å². The van der Waals surface area contributed by atoms with E-state index in [4.69, 9.17) is 5.73 Å². The van der Waals surface area contributed by atoms with Gasteiger partial charge in [0.25, 0.3) is 5.69 Å². The summed E-state index contributed by atoms with van der Waals surface area (Å²) in [5.41, 5.74) is 4.61. The third-order valence-electron chi connectivity index (χ3n) is 3.81. The molecule has 0 bridgehead atoms. The molecule has 7 nitrogen and oxygen atoms in total. The molecule has 0 heterocycles. The standard InChI is InChI=1S/C13H19N3O4S/c1-13(7-3-2-4-8-13)15-21(19,20)12-6-5-10(14)9-11(12)16(17)18/h5-6,9,15H,2-4,7-8,14H2,1H3. The molecule has 0 aliphatic heterocycles. The highest BCUT2D eigenvalue weighted by Crippen LogP contribution is 2.32. The van der Waals surface area contributed by atoms with Gasteiger partial charge in [-0.15, -0.1) is 0 Å². The van der Waals surface area contributed by atoms with Gasteiger partial charge in [0.1, 0.15) is 0 Å². The van der Waals surface area contributed by atoms with Crippen molar-refractivity contribution in [2.45, 2.75) is 49.5 Å². The number of nitro groups is 1. The van der Waals surface area contributed by atoms with Crippen LogP contribution in [0, 0.1) is 10.1 Å². The maximum atomic E-state index is 12.5. The van der Waals surface area contributed by atoms with Gasteiger partial charge in [-0.05, 0) is 31.9 Å². The highest BCUT2D eigenvalue weighted by molar-refractivity contribution is 7.89. The van der Waals surface area contributed by atoms with E-state index in [9.17, 15) is 18.5 Å². The van der Waals surface area contributed by atoms with Gasteiger partial charge in [0.05, 0.1) is 4.92 Å². The van der Waals surface area contributed by atoms with Crippen molar-refractivity contribution in [3.8, 4) is 0 Å². The van der Waals surface area contributed by atoms with Crippen molar-refractivity contribution in [2.75, 3.05) is 5.73 Å². The topological polar surface area (TPSA) is 115 Å². The molecule has 2 rings (SSSR count). The first-order valence-electron chi connectivity index (χ1n) is 6.81. The monoisotopic (exact) mass is 313 g/mol. The van der Waals surface area contributed by atoms with Gasteiger partial charge < -0.3 is 5.73 Å². The van der Waals surface area contributed by atoms with Crippen LogP contribution in [0.1, 0.15) is 39.0 Å². The summed E-state index contributed by atoms with van der Waals surface area (Å²) in [5, 5.41) is 11.1. The second-order valence-corrected chi connectivity index (χ2v) is 7.36. The summed E-state index contributed by atoms with van der Waals surface area (Å²) in [6.45, 7) is 1.84. The molecule has 21 heavy (non-hydrogen) atoms. The highest BCUT2D eigenvalue weighted by atomic mass is 32.2. The van der Waals surface area contributed by atoms with E-state index in [0.717, 1.165) is 38.2 Å². The summed E-state index contributed by atoms with van der Waals surface area (Å²) < 4.78 is 27.6. The van der Waals surface area contributed by atoms with Crippen LogP contribution in [0.2, 0.25) is 0 Å². The van der Waals surface area contributed by atoms with E-state index >= 15 is 0 Å². The van der Waals surface area contributed by atoms with Crippen molar-refractivity contribution >= 4 is 21.4 Å². The van der Waals surface area contributed by atoms with Crippen molar-refractivity contribution < 1.29 is 13.3 Å². The molecule has 0 saturated heterocycles. The molecule has 0 radical (unpaired) electrons. The highest BCUT2D eigenvalue weighted by Gasteiger charge is 2.35. The zero-order chi connectivity index (χ0) is 15.7. The quantitative estimate of drug-likeness (QED) is 0.502. The number of nitrogens with zero attached hydrogens (tertiary/aromatic N) is 1. The van der Waals surface area contributed by atoms with Crippen LogP contribution in [-0.2, 0) is 10.0 Å². The molecule has 0 unspecified atom stereocenters. The van der Waals surface area contributed by atoms with Gasteiger partial charge in [0.2, 0.25) is 10.0 Å². The Morgan fingerprint density at radius 1 is 1.29 bits per heavy atom. The fourth-order valence-corrected chi connectivity index (χ4v) is 4.34. The molecule has 116 valence electrons. The van der Waals surface area contributed by atoms with Crippen molar-refractivity contribution in [3.05, 3.63) is 28.3 Å². The summed E-state index contributed by atoms with van der Waals surface area (Å²) in [7, 11) is -3.96. The zero-order valence-corrected chi connectivity index (χ0v) is 12.6. The normalized spacial score (nSPS) is 18.3. The molecule has 0 aromatic heterocycles. The van der Waals surface area contributed by atoms with E-state index in [1.165, 1.54) is 12.1 Å². The number of nitrogens with one attached hydrogen (secondary N) is 1. The third-order valence-corrected chi connectivity index (χ3v) is 5.49. The molecular formula is C13H19N3O4S. The molecular weight excluding hydrogens is 294 g/mol. The second-order valence-electron chi connectivity index (χ2n) is 5.71. The van der Waals surface area contributed by atoms with E-state index in [-0.39, 0.29) is 10.6 Å². The molecule has 8 heteroatoms. The predicted molar refractivity (Wildman–Crippen MR) is 79.3 cm³/mol. The minimum Gasteiger partial charge on any atom is -0.399 e. The summed E-state index contributed by atoms with van der Waals surface area (Å²) in [5.74, 6) is 0. The van der Waals surface area contributed by atoms with Crippen LogP contribution in [0.3, 0.4) is 0 Å². The van der Waals surface area contributed by atoms with Crippen LogP contribution in [0.15, 0.2) is 23.1 Å². The Balaban J connectivity index is 2.38. The molecule has 1 saturated carbocycles. The van der Waals surface area contributed by atoms with Crippen LogP contribution >= 0.6 is 0 Å². The Hall–Kier alpha value is -1.67. The van der Waals surface area contributed by atoms with Crippen molar-refractivity contribution in [1.82, 2.24) is 4.72 Å². The maximum Gasteiger partial charge on any atom is 0.291 e. The number of hydrogen-bond acceptors (Lipinski definition) is 5. The number of benzene rings is 1. The fraction of sp³-hybridized carbons (Fsp3) is 0.538. The molecule has 1 aliphatic carbocycles. The minimum absolute atomic E-state index is 0.157. The summed E-state index contributed by atoms with van der Waals surface area (Å²) in [6.07, 6.45) is 4.44. The van der Waals surface area contributed by atoms with Crippen LogP contribution in [-0.4, -0.2) is 18.9 Å². The number of sulfonamides is 1. The lowest BCUT2D eigenvalue weighted by atomic mass is 9.84. The predicted octanol–water partition coefficient (Wildman–Crippen LogP) is 2.18. The Kier molecular flexibility index (Phi) is 4.20. The van der Waals surface area contributed by atoms with Gasteiger partial charge in [-0.25, -0.2) is 13.1 Å². The van der Waals surface area contributed by atoms with Crippen LogP contribution in [0.5, 0.6) is 0 Å². The molecule has 0 atom stereocenters. The average Bonchev–Trinajstić information content (AvgIpc) is 2.37. The molecule has 1 aromatic rings. The van der Waals surface area contributed by atoms with E-state index in [1.54, 1.807) is 0 Å². The van der Waals surface area contributed by atoms with Crippen molar-refractivity contribution in [1.29, 1.82) is 0 Å². The smallest absolute Gasteiger partial charge is 0.291 e. The largest absolute Gasteiger partial charge is 0.399 e. The molecule has 0 amide bonds. The Morgan fingerprint density at radius 2 is 1.90 bits per heavy atom. The summed E-state index contributed by atoms with van der Waals surface area (Å²) in [4.78, 5) is 9.98. The SMILES string of the molecule is CC1(NS(=O)(=O)c2ccc(N)cc2[N+](=O)[O-])CCCCC1. The van der Waals surface area contributed by atoms with E-state index < -0.39 is 26.2 Å². The van der Waals surface area contributed by atoms with Gasteiger partial charge in [-0.1, -0.05) is 19.3 Å². The molecule has 1 fully saturated rings. The van der Waals surface area contributed by atoms with Gasteiger partial charge in [-0.2, -0.15) is 0 Å². The number of nitrogen functional groups attached to an aromatic ring is 1. The summed E-state index contributed by atoms with van der Waals surface area (Å²) in [6, 6.07) is 3.60. The molecule has 1 aliphatic rings. The molecule has 1 aromatic carbocycles. The zero-order valence-electron chi connectivity index (χ0n) is 11.8. The Morgan fingerprint density at radius 3 is 2.48 bits per heavy atom. The third kappa shape index (κ3) is 3.51. The number of hydrogen-bond donors (Lipinski definition) is 2. The van der Waals surface area contributed by atoms with E-state index in [2.05, 4.69) is 4.72 Å². The van der Waals surface area contributed by atoms with Crippen LogP contribution in [0.25, 0.3) is 0 Å². The van der Waals surface area contributed by atoms with Crippen molar-refractivity contribution in [2.24, 2.45) is 0 Å². The van der Waals surface area contributed by atoms with Crippen LogP contribution < -0.4 is 10.5 Å². The lowest BCUT2D eigenvalue weighted by Crippen LogP contribution is -2.47. The van der Waals surface area contributed by atoms with E-state index in [0.29, 0.717) is 0 Å². The first-order valence-corrected chi connectivity index (χ1v) is 8.30. The number of nitro benzene ring substituents is 1. The van der Waals surface area contributed by atoms with Crippen molar-refractivity contribution in [3.63, 3.8) is 0 Å². The van der Waals surface area contributed by atoms with Crippen LogP contribution in [0.4, 0.5) is 11.4 Å². The van der Waals surface area contributed by atoms with Gasteiger partial charge in [0.15, 0.2) is 4.90 Å². The second kappa shape index (κ2) is 5.61. The van der Waals surface area contributed by atoms with Gasteiger partial charge in [0, 0.05) is 17.3 Å². The lowest BCUT2D eigenvalue weighted by molar-refractivity contribution is -0.387. The maximum absolute atomic E-state index is 12.5. The summed E-state index contributed by atoms with van der Waals surface area (Å²) >= 11 is 0. The lowest BCUT2D eigenvalue weighted by Gasteiger charge is -2.34. The minimum atomic E-state index is -3.96. The average molecular weight is 313 g/mol. The van der Waals surface area contributed by atoms with Gasteiger partial charge in [-0.3, -0.25) is 10.1 Å². The number of anilines is 1. The molecule has 3 N–H and O–H groups in total. The Bertz CT molecular complexity index is 651. The van der Waals surface area contributed by atoms with Gasteiger partial charge >= 0.3 is 0 Å². The number of nitrogens with two attached hydrogens (primary N) is 1. The van der Waals surface area contributed by atoms with E-state index in [1.807, 2.05) is 6.92 Å². The first-order chi connectivity index (χ1) is 9.73. The fourth-order valence-electron chi connectivity index (χ4n) is 2.72. The first kappa shape index (κ1) is 15.7.